The van der Waals surface area contributed by atoms with Gasteiger partial charge in [-0.3, -0.25) is 4.79 Å². The van der Waals surface area contributed by atoms with Crippen LogP contribution < -0.4 is 0 Å². The van der Waals surface area contributed by atoms with E-state index in [0.717, 1.165) is 23.3 Å². The van der Waals surface area contributed by atoms with E-state index in [9.17, 15) is 4.79 Å². The van der Waals surface area contributed by atoms with Gasteiger partial charge < -0.3 is 9.72 Å². The van der Waals surface area contributed by atoms with Gasteiger partial charge in [-0.15, -0.1) is 0 Å². The van der Waals surface area contributed by atoms with Gasteiger partial charge in [0.25, 0.3) is 0 Å². The van der Waals surface area contributed by atoms with Crippen LogP contribution in [0.2, 0.25) is 5.02 Å². The van der Waals surface area contributed by atoms with Crippen molar-refractivity contribution in [3.05, 3.63) is 29.0 Å². The molecule has 4 nitrogen and oxygen atoms in total. The summed E-state index contributed by atoms with van der Waals surface area (Å²) < 4.78 is 5.01. The van der Waals surface area contributed by atoms with Crippen molar-refractivity contribution in [1.82, 2.24) is 9.97 Å². The number of H-pyrrole nitrogens is 1. The lowest BCUT2D eigenvalue weighted by Gasteiger charge is -1.98. The van der Waals surface area contributed by atoms with E-state index >= 15 is 0 Å². The first-order valence-electron chi connectivity index (χ1n) is 6.01. The summed E-state index contributed by atoms with van der Waals surface area (Å²) in [5.74, 6) is 0.794. The predicted molar refractivity (Wildman–Crippen MR) is 68.6 cm³/mol. The van der Waals surface area contributed by atoms with Crippen LogP contribution in [-0.2, 0) is 9.53 Å². The maximum Gasteiger partial charge on any atom is 0.309 e. The molecule has 2 atom stereocenters. The molecule has 1 aromatic heterocycles. The second-order valence-corrected chi connectivity index (χ2v) is 4.87. The molecule has 1 saturated carbocycles. The van der Waals surface area contributed by atoms with Crippen LogP contribution in [0.15, 0.2) is 18.2 Å². The number of aromatic amines is 1. The van der Waals surface area contributed by atoms with Gasteiger partial charge in [-0.05, 0) is 25.5 Å². The number of hydrogen-bond acceptors (Lipinski definition) is 3. The van der Waals surface area contributed by atoms with Gasteiger partial charge in [0.05, 0.1) is 23.1 Å². The van der Waals surface area contributed by atoms with Gasteiger partial charge in [-0.1, -0.05) is 17.7 Å². The number of esters is 1. The van der Waals surface area contributed by atoms with E-state index in [1.54, 1.807) is 0 Å². The van der Waals surface area contributed by atoms with Gasteiger partial charge in [-0.2, -0.15) is 0 Å². The Bertz CT molecular complexity index is 608. The molecule has 94 valence electrons. The Labute approximate surface area is 109 Å². The zero-order valence-corrected chi connectivity index (χ0v) is 10.7. The molecule has 0 amide bonds. The van der Waals surface area contributed by atoms with E-state index in [4.69, 9.17) is 16.3 Å². The third-order valence-corrected chi connectivity index (χ3v) is 3.52. The number of para-hydroxylation sites is 1. The Morgan fingerprint density at radius 1 is 1.61 bits per heavy atom. The average Bonchev–Trinajstić information content (AvgIpc) is 3.03. The highest BCUT2D eigenvalue weighted by Gasteiger charge is 2.47. The predicted octanol–water partition coefficient (Wildman–Crippen LogP) is 2.88. The first-order chi connectivity index (χ1) is 8.70. The lowest BCUT2D eigenvalue weighted by Crippen LogP contribution is -2.07. The van der Waals surface area contributed by atoms with Crippen molar-refractivity contribution in [2.75, 3.05) is 6.61 Å². The number of benzene rings is 1. The van der Waals surface area contributed by atoms with Gasteiger partial charge in [-0.25, -0.2) is 4.98 Å². The van der Waals surface area contributed by atoms with E-state index in [-0.39, 0.29) is 17.8 Å². The molecule has 0 aliphatic heterocycles. The van der Waals surface area contributed by atoms with Gasteiger partial charge in [0.2, 0.25) is 0 Å². The summed E-state index contributed by atoms with van der Waals surface area (Å²) in [6.45, 7) is 2.24. The summed E-state index contributed by atoms with van der Waals surface area (Å²) >= 11 is 6.07. The number of nitrogens with one attached hydrogen (secondary N) is 1. The molecule has 0 unspecified atom stereocenters. The number of aromatic nitrogens is 2. The largest absolute Gasteiger partial charge is 0.466 e. The average molecular weight is 265 g/mol. The van der Waals surface area contributed by atoms with Crippen molar-refractivity contribution in [3.63, 3.8) is 0 Å². The number of carbonyl (C=O) groups excluding carboxylic acids is 1. The number of hydrogen-bond donors (Lipinski definition) is 1. The van der Waals surface area contributed by atoms with E-state index in [0.29, 0.717) is 11.6 Å². The number of nitrogens with zero attached hydrogens (tertiary/aromatic N) is 1. The Morgan fingerprint density at radius 3 is 3.17 bits per heavy atom. The van der Waals surface area contributed by atoms with Crippen LogP contribution in [0.4, 0.5) is 0 Å². The van der Waals surface area contributed by atoms with Crippen LogP contribution in [0, 0.1) is 5.92 Å². The fourth-order valence-corrected chi connectivity index (χ4v) is 2.42. The normalized spacial score (nSPS) is 22.1. The molecule has 1 aromatic carbocycles. The van der Waals surface area contributed by atoms with Crippen molar-refractivity contribution in [3.8, 4) is 0 Å². The molecule has 1 N–H and O–H groups in total. The lowest BCUT2D eigenvalue weighted by molar-refractivity contribution is -0.144. The molecule has 0 saturated heterocycles. The molecule has 0 radical (unpaired) electrons. The SMILES string of the molecule is CCOC(=O)[C@@H]1C[C@H]1c1nc2c(Cl)cccc2[nH]1. The number of imidazole rings is 1. The van der Waals surface area contributed by atoms with Crippen LogP contribution in [0.25, 0.3) is 11.0 Å². The molecular weight excluding hydrogens is 252 g/mol. The summed E-state index contributed by atoms with van der Waals surface area (Å²) in [5, 5.41) is 0.628. The summed E-state index contributed by atoms with van der Waals surface area (Å²) in [6.07, 6.45) is 0.802. The Hall–Kier alpha value is -1.55. The first-order valence-corrected chi connectivity index (χ1v) is 6.39. The van der Waals surface area contributed by atoms with Crippen molar-refractivity contribution in [2.45, 2.75) is 19.3 Å². The van der Waals surface area contributed by atoms with Crippen LogP contribution in [0.1, 0.15) is 25.1 Å². The molecule has 5 heteroatoms. The van der Waals surface area contributed by atoms with Crippen molar-refractivity contribution in [2.24, 2.45) is 5.92 Å². The summed E-state index contributed by atoms with van der Waals surface area (Å²) in [5.41, 5.74) is 1.68. The van der Waals surface area contributed by atoms with Crippen LogP contribution in [0.3, 0.4) is 0 Å². The van der Waals surface area contributed by atoms with Crippen LogP contribution in [0.5, 0.6) is 0 Å². The second-order valence-electron chi connectivity index (χ2n) is 4.46. The molecule has 18 heavy (non-hydrogen) atoms. The van der Waals surface area contributed by atoms with Gasteiger partial charge >= 0.3 is 5.97 Å². The fourth-order valence-electron chi connectivity index (χ4n) is 2.20. The third-order valence-electron chi connectivity index (χ3n) is 3.21. The van der Waals surface area contributed by atoms with Gasteiger partial charge in [0.15, 0.2) is 0 Å². The minimum absolute atomic E-state index is 0.0516. The maximum absolute atomic E-state index is 11.6. The number of halogens is 1. The van der Waals surface area contributed by atoms with Crippen molar-refractivity contribution < 1.29 is 9.53 Å². The standard InChI is InChI=1S/C13H13ClN2O2/c1-2-18-13(17)8-6-7(8)12-15-10-5-3-4-9(14)11(10)16-12/h3-5,7-8H,2,6H2,1H3,(H,15,16)/t7-,8-/m1/s1. The molecule has 3 rings (SSSR count). The zero-order valence-electron chi connectivity index (χ0n) is 9.94. The van der Waals surface area contributed by atoms with Crippen LogP contribution in [-0.4, -0.2) is 22.5 Å². The minimum Gasteiger partial charge on any atom is -0.466 e. The highest BCUT2D eigenvalue weighted by Crippen LogP contribution is 2.47. The Morgan fingerprint density at radius 2 is 2.44 bits per heavy atom. The molecular formula is C13H13ClN2O2. The third kappa shape index (κ3) is 1.86. The monoisotopic (exact) mass is 264 g/mol. The highest BCUT2D eigenvalue weighted by atomic mass is 35.5. The molecule has 0 spiro atoms. The number of ether oxygens (including phenoxy) is 1. The molecule has 1 heterocycles. The first kappa shape index (κ1) is 11.5. The zero-order chi connectivity index (χ0) is 12.7. The molecule has 2 aromatic rings. The van der Waals surface area contributed by atoms with E-state index in [1.807, 2.05) is 25.1 Å². The molecule has 0 bridgehead atoms. The maximum atomic E-state index is 11.6. The lowest BCUT2D eigenvalue weighted by atomic mass is 10.3. The van der Waals surface area contributed by atoms with E-state index < -0.39 is 0 Å². The Balaban J connectivity index is 1.85. The van der Waals surface area contributed by atoms with Gasteiger partial charge in [0.1, 0.15) is 11.3 Å². The van der Waals surface area contributed by atoms with Gasteiger partial charge in [0, 0.05) is 5.92 Å². The van der Waals surface area contributed by atoms with E-state index in [2.05, 4.69) is 9.97 Å². The topological polar surface area (TPSA) is 55.0 Å². The van der Waals surface area contributed by atoms with Crippen LogP contribution >= 0.6 is 11.6 Å². The highest BCUT2D eigenvalue weighted by molar-refractivity contribution is 6.34. The molecule has 1 fully saturated rings. The quantitative estimate of drug-likeness (QED) is 0.868. The number of fused-ring (bicyclic) bond motifs is 1. The Kier molecular flexibility index (Phi) is 2.74. The van der Waals surface area contributed by atoms with Crippen molar-refractivity contribution >= 4 is 28.6 Å². The van der Waals surface area contributed by atoms with Crippen molar-refractivity contribution in [1.29, 1.82) is 0 Å². The van der Waals surface area contributed by atoms with E-state index in [1.165, 1.54) is 0 Å². The number of rotatable bonds is 3. The summed E-state index contributed by atoms with van der Waals surface area (Å²) in [4.78, 5) is 19.3. The summed E-state index contributed by atoms with van der Waals surface area (Å²) in [6, 6.07) is 5.62. The second kappa shape index (κ2) is 4.28. The summed E-state index contributed by atoms with van der Waals surface area (Å²) in [7, 11) is 0. The molecule has 1 aliphatic carbocycles. The fraction of sp³-hybridized carbons (Fsp3) is 0.385. The molecule has 1 aliphatic rings. The smallest absolute Gasteiger partial charge is 0.309 e. The number of carbonyl (C=O) groups is 1. The minimum atomic E-state index is -0.131.